The van der Waals surface area contributed by atoms with Gasteiger partial charge in [-0.2, -0.15) is 0 Å². The minimum Gasteiger partial charge on any atom is -0.445 e. The van der Waals surface area contributed by atoms with Gasteiger partial charge in [-0.15, -0.1) is 0 Å². The van der Waals surface area contributed by atoms with Gasteiger partial charge in [0.25, 0.3) is 11.4 Å². The van der Waals surface area contributed by atoms with Crippen LogP contribution in [0.15, 0.2) is 53.5 Å². The maximum absolute atomic E-state index is 13.1. The fraction of sp³-hybridized carbons (Fsp3) is 0.360. The molecule has 2 atom stereocenters. The number of amidine groups is 1. The Bertz CT molecular complexity index is 1330. The van der Waals surface area contributed by atoms with Gasteiger partial charge in [0.15, 0.2) is 5.12 Å². The number of rotatable bonds is 8. The van der Waals surface area contributed by atoms with Crippen LogP contribution in [0.4, 0.5) is 21.0 Å². The van der Waals surface area contributed by atoms with E-state index in [4.69, 9.17) is 9.47 Å². The molecule has 2 amide bonds. The molecule has 2 aromatic rings. The van der Waals surface area contributed by atoms with Gasteiger partial charge in [-0.1, -0.05) is 11.8 Å². The summed E-state index contributed by atoms with van der Waals surface area (Å²) >= 11 is 1.09. The van der Waals surface area contributed by atoms with Crippen molar-refractivity contribution in [1.82, 2.24) is 9.80 Å². The molecular formula is C25H25N5O9S. The van der Waals surface area contributed by atoms with Crippen molar-refractivity contribution in [3.05, 3.63) is 79.9 Å². The van der Waals surface area contributed by atoms with Crippen LogP contribution >= 0.6 is 11.8 Å². The summed E-state index contributed by atoms with van der Waals surface area (Å²) in [6, 6.07) is 10.6. The smallest absolute Gasteiger partial charge is 0.415 e. The van der Waals surface area contributed by atoms with Crippen LogP contribution in [0.5, 0.6) is 0 Å². The first-order valence-corrected chi connectivity index (χ1v) is 13.1. The number of thioether (sulfide) groups is 1. The largest absolute Gasteiger partial charge is 0.445 e. The molecule has 15 heteroatoms. The molecule has 2 heterocycles. The second kappa shape index (κ2) is 12.5. The zero-order chi connectivity index (χ0) is 28.8. The fourth-order valence-electron chi connectivity index (χ4n) is 4.38. The van der Waals surface area contributed by atoms with Crippen LogP contribution in [0.25, 0.3) is 0 Å². The van der Waals surface area contributed by atoms with Crippen molar-refractivity contribution in [1.29, 1.82) is 0 Å². The predicted octanol–water partition coefficient (Wildman–Crippen LogP) is 3.91. The van der Waals surface area contributed by atoms with Crippen LogP contribution in [-0.2, 0) is 27.5 Å². The minimum absolute atomic E-state index is 0.0798. The van der Waals surface area contributed by atoms with Gasteiger partial charge in [0.2, 0.25) is 0 Å². The molecule has 0 aromatic heterocycles. The Morgan fingerprint density at radius 1 is 0.925 bits per heavy atom. The van der Waals surface area contributed by atoms with Gasteiger partial charge in [-0.05, 0) is 41.8 Å². The zero-order valence-electron chi connectivity index (χ0n) is 21.3. The Kier molecular flexibility index (Phi) is 8.93. The molecule has 40 heavy (non-hydrogen) atoms. The van der Waals surface area contributed by atoms with E-state index in [1.165, 1.54) is 65.3 Å². The van der Waals surface area contributed by atoms with Gasteiger partial charge in [-0.25, -0.2) is 9.59 Å². The lowest BCUT2D eigenvalue weighted by atomic mass is 10.2. The maximum atomic E-state index is 13.1. The van der Waals surface area contributed by atoms with Crippen LogP contribution in [0.3, 0.4) is 0 Å². The van der Waals surface area contributed by atoms with Crippen LogP contribution in [-0.4, -0.2) is 73.7 Å². The molecule has 2 aliphatic rings. The Morgan fingerprint density at radius 2 is 1.45 bits per heavy atom. The first-order valence-electron chi connectivity index (χ1n) is 12.2. The third kappa shape index (κ3) is 6.91. The molecule has 0 aliphatic carbocycles. The van der Waals surface area contributed by atoms with Crippen LogP contribution in [0, 0.1) is 20.2 Å². The lowest BCUT2D eigenvalue weighted by Crippen LogP contribution is -2.48. The molecule has 2 aromatic carbocycles. The summed E-state index contributed by atoms with van der Waals surface area (Å²) in [4.78, 5) is 65.7. The molecule has 0 N–H and O–H groups in total. The second-order valence-corrected chi connectivity index (χ2v) is 10.5. The van der Waals surface area contributed by atoms with Crippen LogP contribution in [0.1, 0.15) is 24.5 Å². The topological polar surface area (TPSA) is 175 Å². The number of likely N-dealkylation sites (tertiary alicyclic amines) is 1. The van der Waals surface area contributed by atoms with Gasteiger partial charge in [0.1, 0.15) is 19.0 Å². The highest BCUT2D eigenvalue weighted by molar-refractivity contribution is 8.14. The molecular weight excluding hydrogens is 546 g/mol. The zero-order valence-corrected chi connectivity index (χ0v) is 22.2. The van der Waals surface area contributed by atoms with Gasteiger partial charge in [0, 0.05) is 43.0 Å². The average molecular weight is 572 g/mol. The maximum Gasteiger partial charge on any atom is 0.415 e. The van der Waals surface area contributed by atoms with Crippen molar-refractivity contribution in [2.24, 2.45) is 4.99 Å². The molecule has 1 saturated heterocycles. The molecule has 0 unspecified atom stereocenters. The van der Waals surface area contributed by atoms with E-state index in [9.17, 15) is 34.6 Å². The fourth-order valence-corrected chi connectivity index (χ4v) is 5.36. The molecule has 1 fully saturated rings. The lowest BCUT2D eigenvalue weighted by molar-refractivity contribution is -0.385. The van der Waals surface area contributed by atoms with E-state index in [1.807, 2.05) is 0 Å². The Morgan fingerprint density at radius 3 is 1.95 bits per heavy atom. The van der Waals surface area contributed by atoms with E-state index >= 15 is 0 Å². The first-order chi connectivity index (χ1) is 19.1. The van der Waals surface area contributed by atoms with Crippen molar-refractivity contribution in [3.8, 4) is 0 Å². The van der Waals surface area contributed by atoms with Crippen molar-refractivity contribution >= 4 is 46.3 Å². The number of nitro benzene ring substituents is 2. The standard InChI is InChI=1S/C25H25N5O9S/c1-16(31)40-21-12-22(28(13-21)25(33)39-15-18-4-8-20(9-5-18)30(36)37)23-26-10-11-27(23)24(32)38-14-17-2-6-19(7-3-17)29(34)35/h2-9,21-22H,10-15H2,1H3/t21-,22-/m0/s1. The summed E-state index contributed by atoms with van der Waals surface area (Å²) < 4.78 is 10.9. The SMILES string of the molecule is CC(=O)S[C@H]1C[C@@H](C2=NCCN2C(=O)OCc2ccc([N+](=O)[O-])cc2)N(C(=O)OCc2ccc([N+](=O)[O-])cc2)C1. The Hall–Kier alpha value is -4.53. The quantitative estimate of drug-likeness (QED) is 0.333. The van der Waals surface area contributed by atoms with Crippen molar-refractivity contribution in [2.45, 2.75) is 37.9 Å². The summed E-state index contributed by atoms with van der Waals surface area (Å²) in [7, 11) is 0. The van der Waals surface area contributed by atoms with E-state index in [0.717, 1.165) is 11.8 Å². The molecule has 0 radical (unpaired) electrons. The highest BCUT2D eigenvalue weighted by atomic mass is 32.2. The number of benzene rings is 2. The van der Waals surface area contributed by atoms with Crippen molar-refractivity contribution < 1.29 is 33.7 Å². The average Bonchev–Trinajstić information content (AvgIpc) is 3.58. The monoisotopic (exact) mass is 571 g/mol. The van der Waals surface area contributed by atoms with Crippen molar-refractivity contribution in [2.75, 3.05) is 19.6 Å². The number of hydrogen-bond acceptors (Lipinski definition) is 11. The number of nitrogens with zero attached hydrogens (tertiary/aromatic N) is 5. The Labute approximate surface area is 232 Å². The third-order valence-electron chi connectivity index (χ3n) is 6.24. The van der Waals surface area contributed by atoms with E-state index in [1.54, 1.807) is 0 Å². The number of non-ortho nitro benzene ring substituents is 2. The molecule has 0 bridgehead atoms. The van der Waals surface area contributed by atoms with Gasteiger partial charge in [-0.3, -0.25) is 39.8 Å². The Balaban J connectivity index is 1.42. The van der Waals surface area contributed by atoms with Crippen LogP contribution < -0.4 is 0 Å². The summed E-state index contributed by atoms with van der Waals surface area (Å²) in [6.07, 6.45) is -0.998. The summed E-state index contributed by atoms with van der Waals surface area (Å²) in [5.41, 5.74) is 0.952. The van der Waals surface area contributed by atoms with E-state index in [0.29, 0.717) is 29.9 Å². The van der Waals surface area contributed by atoms with Gasteiger partial charge < -0.3 is 9.47 Å². The third-order valence-corrected chi connectivity index (χ3v) is 7.25. The summed E-state index contributed by atoms with van der Waals surface area (Å²) in [6.45, 7) is 1.92. The number of nitro groups is 2. The molecule has 4 rings (SSSR count). The number of hydrogen-bond donors (Lipinski definition) is 0. The number of carbonyl (C=O) groups excluding carboxylic acids is 3. The molecule has 0 spiro atoms. The highest BCUT2D eigenvalue weighted by Gasteiger charge is 2.44. The number of aliphatic imine (C=N–C) groups is 1. The summed E-state index contributed by atoms with van der Waals surface area (Å²) in [5, 5.41) is 21.3. The van der Waals surface area contributed by atoms with Gasteiger partial charge in [0.05, 0.1) is 29.0 Å². The van der Waals surface area contributed by atoms with Crippen molar-refractivity contribution in [3.63, 3.8) is 0 Å². The summed E-state index contributed by atoms with van der Waals surface area (Å²) in [5.74, 6) is 0.327. The van der Waals surface area contributed by atoms with E-state index < -0.39 is 28.1 Å². The van der Waals surface area contributed by atoms with Gasteiger partial charge >= 0.3 is 12.2 Å². The lowest BCUT2D eigenvalue weighted by Gasteiger charge is -2.28. The van der Waals surface area contributed by atoms with Crippen LogP contribution in [0.2, 0.25) is 0 Å². The highest BCUT2D eigenvalue weighted by Crippen LogP contribution is 2.31. The normalized spacial score (nSPS) is 18.3. The van der Waals surface area contributed by atoms with E-state index in [2.05, 4.69) is 4.99 Å². The number of ether oxygens (including phenoxy) is 2. The van der Waals surface area contributed by atoms with E-state index in [-0.39, 0.29) is 48.0 Å². The molecule has 2 aliphatic heterocycles. The first kappa shape index (κ1) is 28.5. The molecule has 0 saturated carbocycles. The molecule has 14 nitrogen and oxygen atoms in total. The predicted molar refractivity (Wildman–Crippen MR) is 143 cm³/mol. The molecule has 210 valence electrons. The number of carbonyl (C=O) groups is 3. The minimum atomic E-state index is -0.684. The second-order valence-electron chi connectivity index (χ2n) is 8.98. The number of amides is 2.